The van der Waals surface area contributed by atoms with Gasteiger partial charge in [0.2, 0.25) is 0 Å². The highest BCUT2D eigenvalue weighted by atomic mass is 35.5. The number of nitrogens with two attached hydrogens (primary N) is 1. The van der Waals surface area contributed by atoms with E-state index in [9.17, 15) is 4.79 Å². The lowest BCUT2D eigenvalue weighted by Gasteiger charge is -2.37. The van der Waals surface area contributed by atoms with Gasteiger partial charge in [-0.2, -0.15) is 0 Å². The lowest BCUT2D eigenvalue weighted by Crippen LogP contribution is -2.41. The first-order chi connectivity index (χ1) is 9.00. The van der Waals surface area contributed by atoms with E-state index < -0.39 is 5.41 Å². The molecule has 0 amide bonds. The van der Waals surface area contributed by atoms with E-state index in [-0.39, 0.29) is 5.78 Å². The number of carbonyl (C=O) groups excluding carboxylic acids is 1. The van der Waals surface area contributed by atoms with Gasteiger partial charge < -0.3 is 5.73 Å². The molecule has 0 heterocycles. The first kappa shape index (κ1) is 14.8. The average Bonchev–Trinajstić information content (AvgIpc) is 2.42. The zero-order chi connectivity index (χ0) is 14.0. The third-order valence-corrected chi connectivity index (χ3v) is 5.12. The molecule has 0 atom stereocenters. The van der Waals surface area contributed by atoms with Crippen LogP contribution in [0.15, 0.2) is 18.2 Å². The third kappa shape index (κ3) is 2.81. The number of halogens is 2. The third-order valence-electron chi connectivity index (χ3n) is 4.30. The van der Waals surface area contributed by atoms with Gasteiger partial charge in [0.15, 0.2) is 5.78 Å². The number of carbonyl (C=O) groups is 1. The van der Waals surface area contributed by atoms with Crippen LogP contribution in [0.1, 0.15) is 43.0 Å². The topological polar surface area (TPSA) is 43.1 Å². The van der Waals surface area contributed by atoms with Gasteiger partial charge in [0.05, 0.1) is 10.0 Å². The summed E-state index contributed by atoms with van der Waals surface area (Å²) in [7, 11) is 0. The molecule has 2 N–H and O–H groups in total. The monoisotopic (exact) mass is 299 g/mol. The van der Waals surface area contributed by atoms with E-state index in [2.05, 4.69) is 6.92 Å². The molecule has 4 heteroatoms. The normalized spacial score (nSPS) is 27.3. The summed E-state index contributed by atoms with van der Waals surface area (Å²) < 4.78 is 0. The van der Waals surface area contributed by atoms with Crippen LogP contribution in [0.3, 0.4) is 0 Å². The zero-order valence-corrected chi connectivity index (χ0v) is 12.6. The van der Waals surface area contributed by atoms with E-state index in [0.29, 0.717) is 28.1 Å². The lowest BCUT2D eigenvalue weighted by molar-refractivity contribution is 0.0695. The molecule has 1 aliphatic rings. The highest BCUT2D eigenvalue weighted by Gasteiger charge is 2.40. The molecule has 0 saturated heterocycles. The molecular weight excluding hydrogens is 281 g/mol. The van der Waals surface area contributed by atoms with Crippen LogP contribution in [0.25, 0.3) is 0 Å². The van der Waals surface area contributed by atoms with E-state index in [1.54, 1.807) is 18.2 Å². The smallest absolute Gasteiger partial charge is 0.171 e. The molecule has 0 radical (unpaired) electrons. The molecule has 104 valence electrons. The fourth-order valence-electron chi connectivity index (χ4n) is 2.80. The standard InChI is InChI=1S/C15H19Cl2NO/c1-10-5-7-15(9-18,8-6-10)14(19)11-3-2-4-12(16)13(11)17/h2-4,10H,5-9,18H2,1H3. The summed E-state index contributed by atoms with van der Waals surface area (Å²) in [6.45, 7) is 2.60. The van der Waals surface area contributed by atoms with E-state index in [1.807, 2.05) is 0 Å². The molecule has 0 bridgehead atoms. The second kappa shape index (κ2) is 5.82. The molecule has 1 aliphatic carbocycles. The number of hydrogen-bond donors (Lipinski definition) is 1. The number of benzene rings is 1. The minimum atomic E-state index is -0.458. The maximum absolute atomic E-state index is 12.8. The Hall–Kier alpha value is -0.570. The first-order valence-electron chi connectivity index (χ1n) is 6.69. The van der Waals surface area contributed by atoms with Crippen LogP contribution in [-0.4, -0.2) is 12.3 Å². The fraction of sp³-hybridized carbons (Fsp3) is 0.533. The highest BCUT2D eigenvalue weighted by Crippen LogP contribution is 2.42. The maximum Gasteiger partial charge on any atom is 0.171 e. The summed E-state index contributed by atoms with van der Waals surface area (Å²) in [5, 5.41) is 0.768. The molecule has 1 saturated carbocycles. The van der Waals surface area contributed by atoms with Gasteiger partial charge in [0, 0.05) is 17.5 Å². The highest BCUT2D eigenvalue weighted by molar-refractivity contribution is 6.44. The summed E-state index contributed by atoms with van der Waals surface area (Å²) in [5.74, 6) is 0.719. The molecule has 0 aromatic heterocycles. The SMILES string of the molecule is CC1CCC(CN)(C(=O)c2cccc(Cl)c2Cl)CC1. The van der Waals surface area contributed by atoms with Crippen molar-refractivity contribution in [2.24, 2.45) is 17.1 Å². The molecule has 0 spiro atoms. The van der Waals surface area contributed by atoms with Crippen LogP contribution >= 0.6 is 23.2 Å². The van der Waals surface area contributed by atoms with Gasteiger partial charge in [-0.3, -0.25) is 4.79 Å². The van der Waals surface area contributed by atoms with Crippen molar-refractivity contribution in [1.29, 1.82) is 0 Å². The minimum absolute atomic E-state index is 0.0504. The summed E-state index contributed by atoms with van der Waals surface area (Å²) in [6.07, 6.45) is 3.76. The largest absolute Gasteiger partial charge is 0.329 e. The number of Topliss-reactive ketones (excluding diaryl/α,β-unsaturated/α-hetero) is 1. The van der Waals surface area contributed by atoms with Crippen molar-refractivity contribution in [3.05, 3.63) is 33.8 Å². The molecule has 1 aromatic carbocycles. The Balaban J connectivity index is 2.33. The zero-order valence-electron chi connectivity index (χ0n) is 11.1. The van der Waals surface area contributed by atoms with E-state index in [4.69, 9.17) is 28.9 Å². The molecule has 19 heavy (non-hydrogen) atoms. The van der Waals surface area contributed by atoms with E-state index in [1.165, 1.54) is 0 Å². The molecule has 2 rings (SSSR count). The molecule has 0 unspecified atom stereocenters. The first-order valence-corrected chi connectivity index (χ1v) is 7.44. The molecule has 0 aliphatic heterocycles. The van der Waals surface area contributed by atoms with Crippen molar-refractivity contribution in [1.82, 2.24) is 0 Å². The summed E-state index contributed by atoms with van der Waals surface area (Å²) in [6, 6.07) is 5.20. The fourth-order valence-corrected chi connectivity index (χ4v) is 3.19. The van der Waals surface area contributed by atoms with Crippen LogP contribution in [0.2, 0.25) is 10.0 Å². The molecular formula is C15H19Cl2NO. The van der Waals surface area contributed by atoms with Gasteiger partial charge in [0.1, 0.15) is 0 Å². The predicted octanol–water partition coefficient (Wildman–Crippen LogP) is 4.33. The van der Waals surface area contributed by atoms with Gasteiger partial charge in [-0.15, -0.1) is 0 Å². The Morgan fingerprint density at radius 3 is 2.58 bits per heavy atom. The Kier molecular flexibility index (Phi) is 4.54. The van der Waals surface area contributed by atoms with Gasteiger partial charge in [-0.25, -0.2) is 0 Å². The van der Waals surface area contributed by atoms with Crippen molar-refractivity contribution in [2.75, 3.05) is 6.54 Å². The Labute approximate surface area is 124 Å². The molecule has 1 aromatic rings. The van der Waals surface area contributed by atoms with Crippen molar-refractivity contribution >= 4 is 29.0 Å². The molecule has 1 fully saturated rings. The van der Waals surface area contributed by atoms with Crippen molar-refractivity contribution in [3.8, 4) is 0 Å². The minimum Gasteiger partial charge on any atom is -0.329 e. The number of rotatable bonds is 3. The second-order valence-corrected chi connectivity index (χ2v) is 6.38. The maximum atomic E-state index is 12.8. The van der Waals surface area contributed by atoms with Crippen LogP contribution in [-0.2, 0) is 0 Å². The second-order valence-electron chi connectivity index (χ2n) is 5.60. The lowest BCUT2D eigenvalue weighted by atomic mass is 9.67. The van der Waals surface area contributed by atoms with Gasteiger partial charge in [-0.1, -0.05) is 36.2 Å². The van der Waals surface area contributed by atoms with Crippen molar-refractivity contribution < 1.29 is 4.79 Å². The quantitative estimate of drug-likeness (QED) is 0.844. The predicted molar refractivity (Wildman–Crippen MR) is 79.9 cm³/mol. The Morgan fingerprint density at radius 2 is 2.00 bits per heavy atom. The van der Waals surface area contributed by atoms with Gasteiger partial charge in [-0.05, 0) is 43.7 Å². The van der Waals surface area contributed by atoms with E-state index in [0.717, 1.165) is 25.7 Å². The number of hydrogen-bond acceptors (Lipinski definition) is 2. The number of ketones is 1. The summed E-state index contributed by atoms with van der Waals surface area (Å²) >= 11 is 12.2. The van der Waals surface area contributed by atoms with Gasteiger partial charge >= 0.3 is 0 Å². The summed E-state index contributed by atoms with van der Waals surface area (Å²) in [4.78, 5) is 12.8. The van der Waals surface area contributed by atoms with Crippen LogP contribution in [0.4, 0.5) is 0 Å². The van der Waals surface area contributed by atoms with E-state index >= 15 is 0 Å². The van der Waals surface area contributed by atoms with Crippen molar-refractivity contribution in [3.63, 3.8) is 0 Å². The summed E-state index contributed by atoms with van der Waals surface area (Å²) in [5.41, 5.74) is 5.96. The van der Waals surface area contributed by atoms with Crippen LogP contribution < -0.4 is 5.73 Å². The average molecular weight is 300 g/mol. The Morgan fingerprint density at radius 1 is 1.37 bits per heavy atom. The molecule has 2 nitrogen and oxygen atoms in total. The Bertz CT molecular complexity index is 479. The van der Waals surface area contributed by atoms with Crippen LogP contribution in [0.5, 0.6) is 0 Å². The van der Waals surface area contributed by atoms with Crippen molar-refractivity contribution in [2.45, 2.75) is 32.6 Å². The van der Waals surface area contributed by atoms with Gasteiger partial charge in [0.25, 0.3) is 0 Å². The van der Waals surface area contributed by atoms with Crippen LogP contribution in [0, 0.1) is 11.3 Å².